The van der Waals surface area contributed by atoms with E-state index in [1.807, 2.05) is 24.0 Å². The van der Waals surface area contributed by atoms with Crippen LogP contribution in [0.3, 0.4) is 0 Å². The molecule has 0 saturated carbocycles. The first-order valence-corrected chi connectivity index (χ1v) is 14.4. The number of ketones is 2. The molecule has 210 valence electrons. The number of aliphatic carboxylic acids is 1. The Labute approximate surface area is 240 Å². The molecule has 0 amide bonds. The highest BCUT2D eigenvalue weighted by Crippen LogP contribution is 2.51. The largest absolute Gasteiger partial charge is 0.490 e. The van der Waals surface area contributed by atoms with Crippen LogP contribution < -0.4 is 9.47 Å². The number of carboxylic acid groups (broad SMARTS) is 1. The molecule has 1 heterocycles. The maximum absolute atomic E-state index is 14.2. The van der Waals surface area contributed by atoms with Crippen LogP contribution in [0.4, 0.5) is 4.39 Å². The standard InChI is InChI=1S/C31H31BrFNO6/c1-2-39-26-16-19(15-20(32)31(26)40-17-18-7-3-4-8-21(18)33)28-29-22(9-5-11-24(29)35)34(14-13-27(37)38)23-10-6-12-25(36)30(23)28/h3-4,7-8,15-16,28H,2,5-6,9-14,17H2,1H3,(H,37,38). The van der Waals surface area contributed by atoms with E-state index in [1.165, 1.54) is 6.07 Å². The van der Waals surface area contributed by atoms with Crippen molar-refractivity contribution in [1.29, 1.82) is 0 Å². The first-order chi connectivity index (χ1) is 19.3. The Bertz CT molecular complexity index is 1390. The Morgan fingerprint density at radius 1 is 1.02 bits per heavy atom. The molecule has 0 unspecified atom stereocenters. The molecule has 0 atom stereocenters. The molecule has 0 fully saturated rings. The zero-order valence-electron chi connectivity index (χ0n) is 22.3. The smallest absolute Gasteiger partial charge is 0.305 e. The highest BCUT2D eigenvalue weighted by Gasteiger charge is 2.43. The Morgan fingerprint density at radius 2 is 1.68 bits per heavy atom. The lowest BCUT2D eigenvalue weighted by Crippen LogP contribution is -2.39. The monoisotopic (exact) mass is 611 g/mol. The van der Waals surface area contributed by atoms with Gasteiger partial charge in [-0.2, -0.15) is 0 Å². The van der Waals surface area contributed by atoms with Crippen LogP contribution in [-0.4, -0.2) is 40.7 Å². The lowest BCUT2D eigenvalue weighted by molar-refractivity contribution is -0.137. The molecule has 40 heavy (non-hydrogen) atoms. The van der Waals surface area contributed by atoms with E-state index in [4.69, 9.17) is 9.47 Å². The minimum atomic E-state index is -0.924. The quantitative estimate of drug-likeness (QED) is 0.348. The molecule has 0 bridgehead atoms. The third kappa shape index (κ3) is 5.44. The van der Waals surface area contributed by atoms with Crippen molar-refractivity contribution in [1.82, 2.24) is 4.90 Å². The van der Waals surface area contributed by atoms with Crippen LogP contribution in [0.5, 0.6) is 11.5 Å². The predicted octanol–water partition coefficient (Wildman–Crippen LogP) is 6.45. The number of benzene rings is 2. The van der Waals surface area contributed by atoms with E-state index >= 15 is 0 Å². The Balaban J connectivity index is 1.61. The average Bonchev–Trinajstić information content (AvgIpc) is 2.92. The van der Waals surface area contributed by atoms with Gasteiger partial charge in [-0.05, 0) is 72.3 Å². The van der Waals surface area contributed by atoms with Gasteiger partial charge in [-0.1, -0.05) is 18.2 Å². The zero-order valence-corrected chi connectivity index (χ0v) is 23.9. The van der Waals surface area contributed by atoms with E-state index in [9.17, 15) is 23.9 Å². The summed E-state index contributed by atoms with van der Waals surface area (Å²) < 4.78 is 26.8. The topological polar surface area (TPSA) is 93.1 Å². The number of ether oxygens (including phenoxy) is 2. The molecule has 7 nitrogen and oxygen atoms in total. The number of nitrogens with zero attached hydrogens (tertiary/aromatic N) is 1. The molecule has 1 N–H and O–H groups in total. The van der Waals surface area contributed by atoms with Crippen LogP contribution in [0, 0.1) is 5.82 Å². The summed E-state index contributed by atoms with van der Waals surface area (Å²) in [6, 6.07) is 10.0. The molecule has 2 aromatic rings. The predicted molar refractivity (Wildman–Crippen MR) is 150 cm³/mol. The van der Waals surface area contributed by atoms with Crippen LogP contribution in [0.15, 0.2) is 63.4 Å². The SMILES string of the molecule is CCOc1cc(C2C3=C(CCCC3=O)N(CCC(=O)O)C3=C2C(=O)CCC3)cc(Br)c1OCc1ccccc1F. The normalized spacial score (nSPS) is 17.6. The van der Waals surface area contributed by atoms with Gasteiger partial charge in [0.05, 0.1) is 17.5 Å². The van der Waals surface area contributed by atoms with Crippen LogP contribution in [0.25, 0.3) is 0 Å². The fourth-order valence-electron chi connectivity index (χ4n) is 5.95. The molecule has 5 rings (SSSR count). The number of hydrogen-bond acceptors (Lipinski definition) is 6. The number of halogens is 2. The van der Waals surface area contributed by atoms with E-state index in [1.54, 1.807) is 18.2 Å². The number of carbonyl (C=O) groups excluding carboxylic acids is 2. The minimum absolute atomic E-state index is 0.00572. The number of carboxylic acids is 1. The number of Topliss-reactive ketones (excluding diaryl/α,β-unsaturated/α-hetero) is 2. The summed E-state index contributed by atoms with van der Waals surface area (Å²) in [5, 5.41) is 9.39. The van der Waals surface area contributed by atoms with E-state index in [0.717, 1.165) is 17.0 Å². The van der Waals surface area contributed by atoms with E-state index in [0.29, 0.717) is 77.8 Å². The molecule has 2 aliphatic carbocycles. The zero-order chi connectivity index (χ0) is 28.4. The van der Waals surface area contributed by atoms with Crippen molar-refractivity contribution < 1.29 is 33.4 Å². The molecule has 0 saturated heterocycles. The van der Waals surface area contributed by atoms with Gasteiger partial charge >= 0.3 is 5.97 Å². The highest BCUT2D eigenvalue weighted by molar-refractivity contribution is 9.10. The molecule has 2 aromatic carbocycles. The number of rotatable bonds is 9. The average molecular weight is 612 g/mol. The third-order valence-corrected chi connectivity index (χ3v) is 8.22. The molecule has 0 aromatic heterocycles. The van der Waals surface area contributed by atoms with Gasteiger partial charge in [0, 0.05) is 53.4 Å². The molecular formula is C31H31BrFNO6. The van der Waals surface area contributed by atoms with Crippen LogP contribution >= 0.6 is 15.9 Å². The number of hydrogen-bond donors (Lipinski definition) is 1. The Hall–Kier alpha value is -3.46. The second-order valence-electron chi connectivity index (χ2n) is 10.1. The maximum atomic E-state index is 14.2. The van der Waals surface area contributed by atoms with Crippen molar-refractivity contribution in [3.63, 3.8) is 0 Å². The van der Waals surface area contributed by atoms with Gasteiger partial charge < -0.3 is 19.5 Å². The van der Waals surface area contributed by atoms with Gasteiger partial charge in [0.25, 0.3) is 0 Å². The molecule has 9 heteroatoms. The van der Waals surface area contributed by atoms with Crippen molar-refractivity contribution in [2.24, 2.45) is 0 Å². The Kier molecular flexibility index (Phi) is 8.40. The van der Waals surface area contributed by atoms with E-state index in [-0.39, 0.29) is 37.0 Å². The summed E-state index contributed by atoms with van der Waals surface area (Å²) in [5.41, 5.74) is 3.91. The van der Waals surface area contributed by atoms with Crippen LogP contribution in [0.1, 0.15) is 68.9 Å². The minimum Gasteiger partial charge on any atom is -0.490 e. The first-order valence-electron chi connectivity index (χ1n) is 13.6. The van der Waals surface area contributed by atoms with Crippen molar-refractivity contribution in [2.45, 2.75) is 64.4 Å². The molecule has 1 aliphatic heterocycles. The van der Waals surface area contributed by atoms with Gasteiger partial charge in [-0.3, -0.25) is 14.4 Å². The number of carbonyl (C=O) groups is 3. The van der Waals surface area contributed by atoms with E-state index in [2.05, 4.69) is 15.9 Å². The van der Waals surface area contributed by atoms with Crippen molar-refractivity contribution >= 4 is 33.5 Å². The second kappa shape index (κ2) is 12.0. The lowest BCUT2D eigenvalue weighted by atomic mass is 9.71. The summed E-state index contributed by atoms with van der Waals surface area (Å²) in [5.74, 6) is -1.09. The summed E-state index contributed by atoms with van der Waals surface area (Å²) in [6.45, 7) is 2.41. The summed E-state index contributed by atoms with van der Waals surface area (Å²) >= 11 is 3.61. The fourth-order valence-corrected chi connectivity index (χ4v) is 6.52. The third-order valence-electron chi connectivity index (χ3n) is 7.63. The van der Waals surface area contributed by atoms with Gasteiger partial charge in [0.1, 0.15) is 12.4 Å². The fraction of sp³-hybridized carbons (Fsp3) is 0.387. The first kappa shape index (κ1) is 28.1. The molecule has 0 spiro atoms. The Morgan fingerprint density at radius 3 is 2.27 bits per heavy atom. The second-order valence-corrected chi connectivity index (χ2v) is 11.0. The van der Waals surface area contributed by atoms with Gasteiger partial charge in [0.2, 0.25) is 0 Å². The van der Waals surface area contributed by atoms with Crippen molar-refractivity contribution in [3.8, 4) is 11.5 Å². The van der Waals surface area contributed by atoms with E-state index < -0.39 is 11.9 Å². The summed E-state index contributed by atoms with van der Waals surface area (Å²) in [4.78, 5) is 40.4. The summed E-state index contributed by atoms with van der Waals surface area (Å²) in [6.07, 6.45) is 3.32. The van der Waals surface area contributed by atoms with Crippen molar-refractivity contribution in [2.75, 3.05) is 13.2 Å². The number of allylic oxidation sites excluding steroid dienone is 4. The van der Waals surface area contributed by atoms with Crippen LogP contribution in [-0.2, 0) is 21.0 Å². The van der Waals surface area contributed by atoms with Gasteiger partial charge in [-0.25, -0.2) is 4.39 Å². The molecular weight excluding hydrogens is 581 g/mol. The highest BCUT2D eigenvalue weighted by atomic mass is 79.9. The lowest BCUT2D eigenvalue weighted by Gasteiger charge is -2.44. The van der Waals surface area contributed by atoms with Crippen molar-refractivity contribution in [3.05, 3.63) is 80.4 Å². The maximum Gasteiger partial charge on any atom is 0.305 e. The molecule has 3 aliphatic rings. The summed E-state index contributed by atoms with van der Waals surface area (Å²) in [7, 11) is 0. The van der Waals surface area contributed by atoms with Crippen LogP contribution in [0.2, 0.25) is 0 Å². The molecule has 0 radical (unpaired) electrons. The van der Waals surface area contributed by atoms with Gasteiger partial charge in [0.15, 0.2) is 23.1 Å². The van der Waals surface area contributed by atoms with Gasteiger partial charge in [-0.15, -0.1) is 0 Å².